The molecule has 0 aliphatic carbocycles. The van der Waals surface area contributed by atoms with Crippen molar-refractivity contribution in [2.75, 3.05) is 5.73 Å². The van der Waals surface area contributed by atoms with E-state index < -0.39 is 0 Å². The van der Waals surface area contributed by atoms with Gasteiger partial charge >= 0.3 is 0 Å². The van der Waals surface area contributed by atoms with Gasteiger partial charge in [-0.2, -0.15) is 0 Å². The number of nitrogens with zero attached hydrogens (tertiary/aromatic N) is 3. The van der Waals surface area contributed by atoms with Gasteiger partial charge in [-0.1, -0.05) is 20.3 Å². The molecule has 0 amide bonds. The Kier molecular flexibility index (Phi) is 3.65. The maximum atomic E-state index is 5.61. The average Bonchev–Trinajstić information content (AvgIpc) is 2.87. The highest BCUT2D eigenvalue weighted by Gasteiger charge is 2.16. The van der Waals surface area contributed by atoms with Crippen molar-refractivity contribution in [1.29, 1.82) is 0 Å². The van der Waals surface area contributed by atoms with Crippen molar-refractivity contribution in [3.05, 3.63) is 30.9 Å². The van der Waals surface area contributed by atoms with Crippen LogP contribution >= 0.6 is 0 Å². The molecule has 2 aromatic rings. The van der Waals surface area contributed by atoms with Crippen LogP contribution in [-0.2, 0) is 0 Å². The standard InChI is InChI=1S/C14H20N4/c1-4-10(2)11(3)18-9-16-8-13(18)12-5-6-14(15)17-7-12/h5-11H,4H2,1-3H3,(H2,15,17). The zero-order valence-electron chi connectivity index (χ0n) is 11.2. The molecule has 0 saturated carbocycles. The second kappa shape index (κ2) is 5.21. The molecule has 0 aromatic carbocycles. The van der Waals surface area contributed by atoms with E-state index in [9.17, 15) is 0 Å². The molecular formula is C14H20N4. The van der Waals surface area contributed by atoms with Gasteiger partial charge in [-0.3, -0.25) is 0 Å². The Hall–Kier alpha value is -1.84. The van der Waals surface area contributed by atoms with Crippen LogP contribution in [0.4, 0.5) is 5.82 Å². The maximum Gasteiger partial charge on any atom is 0.123 e. The highest BCUT2D eigenvalue weighted by atomic mass is 15.1. The molecule has 4 heteroatoms. The number of imidazole rings is 1. The van der Waals surface area contributed by atoms with E-state index in [-0.39, 0.29) is 0 Å². The summed E-state index contributed by atoms with van der Waals surface area (Å²) in [5.74, 6) is 1.15. The van der Waals surface area contributed by atoms with E-state index in [1.54, 1.807) is 6.20 Å². The highest BCUT2D eigenvalue weighted by Crippen LogP contribution is 2.27. The fourth-order valence-electron chi connectivity index (χ4n) is 2.02. The van der Waals surface area contributed by atoms with Crippen molar-refractivity contribution in [3.8, 4) is 11.3 Å². The Morgan fingerprint density at radius 1 is 1.28 bits per heavy atom. The fraction of sp³-hybridized carbons (Fsp3) is 0.429. The first-order valence-electron chi connectivity index (χ1n) is 6.37. The SMILES string of the molecule is CCC(C)C(C)n1cncc1-c1ccc(N)nc1. The lowest BCUT2D eigenvalue weighted by atomic mass is 10.0. The lowest BCUT2D eigenvalue weighted by molar-refractivity contribution is 0.372. The number of pyridine rings is 1. The minimum atomic E-state index is 0.421. The summed E-state index contributed by atoms with van der Waals surface area (Å²) in [7, 11) is 0. The number of aromatic nitrogens is 3. The number of nitrogens with two attached hydrogens (primary N) is 1. The van der Waals surface area contributed by atoms with Gasteiger partial charge in [0.05, 0.1) is 18.2 Å². The van der Waals surface area contributed by atoms with Crippen LogP contribution in [0.5, 0.6) is 0 Å². The topological polar surface area (TPSA) is 56.7 Å². The summed E-state index contributed by atoms with van der Waals surface area (Å²) < 4.78 is 2.21. The third-order valence-electron chi connectivity index (χ3n) is 3.65. The molecule has 0 fully saturated rings. The molecule has 2 heterocycles. The summed E-state index contributed by atoms with van der Waals surface area (Å²) in [5.41, 5.74) is 7.76. The normalized spacial score (nSPS) is 14.4. The predicted octanol–water partition coefficient (Wildman–Crippen LogP) is 3.13. The molecule has 0 aliphatic rings. The molecule has 0 radical (unpaired) electrons. The molecule has 18 heavy (non-hydrogen) atoms. The zero-order chi connectivity index (χ0) is 13.1. The van der Waals surface area contributed by atoms with Gasteiger partial charge < -0.3 is 10.3 Å². The number of anilines is 1. The first-order chi connectivity index (χ1) is 8.63. The van der Waals surface area contributed by atoms with Gasteiger partial charge in [0.2, 0.25) is 0 Å². The van der Waals surface area contributed by atoms with Crippen molar-refractivity contribution >= 4 is 5.82 Å². The summed E-state index contributed by atoms with van der Waals surface area (Å²) in [6.07, 6.45) is 6.72. The van der Waals surface area contributed by atoms with Gasteiger partial charge in [0.25, 0.3) is 0 Å². The van der Waals surface area contributed by atoms with Gasteiger partial charge in [-0.25, -0.2) is 9.97 Å². The molecule has 4 nitrogen and oxygen atoms in total. The average molecular weight is 244 g/mol. The molecule has 96 valence electrons. The Bertz CT molecular complexity index is 501. The van der Waals surface area contributed by atoms with Crippen molar-refractivity contribution in [1.82, 2.24) is 14.5 Å². The van der Waals surface area contributed by atoms with E-state index in [1.165, 1.54) is 0 Å². The van der Waals surface area contributed by atoms with Crippen LogP contribution in [-0.4, -0.2) is 14.5 Å². The lowest BCUT2D eigenvalue weighted by Gasteiger charge is -2.22. The van der Waals surface area contributed by atoms with Crippen LogP contribution in [0.3, 0.4) is 0 Å². The number of hydrogen-bond donors (Lipinski definition) is 1. The van der Waals surface area contributed by atoms with E-state index in [0.29, 0.717) is 17.8 Å². The van der Waals surface area contributed by atoms with Crippen LogP contribution in [0.25, 0.3) is 11.3 Å². The number of rotatable bonds is 4. The van der Waals surface area contributed by atoms with E-state index in [1.807, 2.05) is 24.7 Å². The monoisotopic (exact) mass is 244 g/mol. The first kappa shape index (κ1) is 12.6. The molecule has 2 rings (SSSR count). The van der Waals surface area contributed by atoms with Gasteiger partial charge in [-0.15, -0.1) is 0 Å². The fourth-order valence-corrected chi connectivity index (χ4v) is 2.02. The third-order valence-corrected chi connectivity index (χ3v) is 3.65. The summed E-state index contributed by atoms with van der Waals surface area (Å²) in [6, 6.07) is 4.23. The van der Waals surface area contributed by atoms with Crippen LogP contribution in [0.1, 0.15) is 33.2 Å². The molecule has 2 atom stereocenters. The third kappa shape index (κ3) is 2.37. The van der Waals surface area contributed by atoms with Gasteiger partial charge in [0.1, 0.15) is 5.82 Å². The van der Waals surface area contributed by atoms with Crippen molar-refractivity contribution < 1.29 is 0 Å². The summed E-state index contributed by atoms with van der Waals surface area (Å²) in [4.78, 5) is 8.40. The minimum Gasteiger partial charge on any atom is -0.384 e. The maximum absolute atomic E-state index is 5.61. The van der Waals surface area contributed by atoms with Crippen molar-refractivity contribution in [2.45, 2.75) is 33.2 Å². The molecule has 2 aromatic heterocycles. The predicted molar refractivity (Wildman–Crippen MR) is 74.0 cm³/mol. The molecule has 0 aliphatic heterocycles. The van der Waals surface area contributed by atoms with E-state index in [2.05, 4.69) is 35.3 Å². The highest BCUT2D eigenvalue weighted by molar-refractivity contribution is 5.59. The molecule has 0 bridgehead atoms. The van der Waals surface area contributed by atoms with Gasteiger partial charge in [0, 0.05) is 17.8 Å². The summed E-state index contributed by atoms with van der Waals surface area (Å²) in [6.45, 7) is 6.70. The Morgan fingerprint density at radius 3 is 2.67 bits per heavy atom. The van der Waals surface area contributed by atoms with Gasteiger partial charge in [0.15, 0.2) is 0 Å². The minimum absolute atomic E-state index is 0.421. The Morgan fingerprint density at radius 2 is 2.06 bits per heavy atom. The molecular weight excluding hydrogens is 224 g/mol. The van der Waals surface area contributed by atoms with Crippen LogP contribution in [0, 0.1) is 5.92 Å². The van der Waals surface area contributed by atoms with Crippen LogP contribution in [0.15, 0.2) is 30.9 Å². The van der Waals surface area contributed by atoms with E-state index >= 15 is 0 Å². The van der Waals surface area contributed by atoms with E-state index in [4.69, 9.17) is 5.73 Å². The largest absolute Gasteiger partial charge is 0.384 e. The Balaban J connectivity index is 2.35. The van der Waals surface area contributed by atoms with Crippen LogP contribution < -0.4 is 5.73 Å². The van der Waals surface area contributed by atoms with Crippen molar-refractivity contribution in [2.24, 2.45) is 5.92 Å². The molecule has 0 spiro atoms. The molecule has 0 saturated heterocycles. The smallest absolute Gasteiger partial charge is 0.123 e. The number of hydrogen-bond acceptors (Lipinski definition) is 3. The van der Waals surface area contributed by atoms with E-state index in [0.717, 1.165) is 17.7 Å². The van der Waals surface area contributed by atoms with Crippen molar-refractivity contribution in [3.63, 3.8) is 0 Å². The summed E-state index contributed by atoms with van der Waals surface area (Å²) >= 11 is 0. The summed E-state index contributed by atoms with van der Waals surface area (Å²) in [5, 5.41) is 0. The molecule has 2 unspecified atom stereocenters. The first-order valence-corrected chi connectivity index (χ1v) is 6.37. The Labute approximate surface area is 108 Å². The lowest BCUT2D eigenvalue weighted by Crippen LogP contribution is -2.13. The second-order valence-corrected chi connectivity index (χ2v) is 4.78. The second-order valence-electron chi connectivity index (χ2n) is 4.78. The van der Waals surface area contributed by atoms with Gasteiger partial charge in [-0.05, 0) is 25.0 Å². The zero-order valence-corrected chi connectivity index (χ0v) is 11.2. The van der Waals surface area contributed by atoms with Crippen LogP contribution in [0.2, 0.25) is 0 Å². The quantitative estimate of drug-likeness (QED) is 0.899. The molecule has 2 N–H and O–H groups in total. The number of nitrogen functional groups attached to an aromatic ring is 1.